The summed E-state index contributed by atoms with van der Waals surface area (Å²) < 4.78 is 15.3. The maximum Gasteiger partial charge on any atom is 0.148 e. The molecule has 21 heavy (non-hydrogen) atoms. The molecule has 4 nitrogen and oxygen atoms in total. The molecule has 0 aliphatic carbocycles. The summed E-state index contributed by atoms with van der Waals surface area (Å²) in [5.74, 6) is -0.00730. The van der Waals surface area contributed by atoms with E-state index in [1.165, 1.54) is 24.3 Å². The van der Waals surface area contributed by atoms with E-state index in [0.29, 0.717) is 23.4 Å². The normalized spacial score (nSPS) is 11.1. The van der Waals surface area contributed by atoms with Gasteiger partial charge in [-0.2, -0.15) is 0 Å². The number of aromatic nitrogens is 2. The fraction of sp³-hybridized carbons (Fsp3) is 0.188. The lowest BCUT2D eigenvalue weighted by Gasteiger charge is -2.10. The van der Waals surface area contributed by atoms with Gasteiger partial charge in [-0.25, -0.2) is 9.37 Å². The minimum absolute atomic E-state index is 0.0527. The Bertz CT molecular complexity index is 791. The predicted octanol–water partition coefficient (Wildman–Crippen LogP) is 3.66. The van der Waals surface area contributed by atoms with Crippen LogP contribution in [0.25, 0.3) is 22.4 Å². The van der Waals surface area contributed by atoms with Gasteiger partial charge in [0.1, 0.15) is 28.7 Å². The smallest absolute Gasteiger partial charge is 0.148 e. The standard InChI is InChI=1S/C16H15FN2O2/c1-2-8-19-12-9-10(17)6-7-11(12)18-16(19)15-13(20)4-3-5-14(15)21/h3-7,9,20-21H,2,8H2,1H3. The molecule has 0 aliphatic heterocycles. The van der Waals surface area contributed by atoms with E-state index in [-0.39, 0.29) is 22.9 Å². The second kappa shape index (κ2) is 5.09. The summed E-state index contributed by atoms with van der Waals surface area (Å²) in [6.45, 7) is 2.61. The zero-order chi connectivity index (χ0) is 15.0. The minimum atomic E-state index is -0.340. The number of phenolic OH excluding ortho intramolecular Hbond substituents is 2. The van der Waals surface area contributed by atoms with E-state index in [1.54, 1.807) is 12.1 Å². The van der Waals surface area contributed by atoms with Crippen LogP contribution < -0.4 is 0 Å². The van der Waals surface area contributed by atoms with Gasteiger partial charge >= 0.3 is 0 Å². The third-order valence-corrected chi connectivity index (χ3v) is 3.40. The summed E-state index contributed by atoms with van der Waals surface area (Å²) in [6.07, 6.45) is 0.823. The molecule has 1 aromatic heterocycles. The van der Waals surface area contributed by atoms with Gasteiger partial charge in [0.2, 0.25) is 0 Å². The highest BCUT2D eigenvalue weighted by Gasteiger charge is 2.18. The summed E-state index contributed by atoms with van der Waals surface area (Å²) in [7, 11) is 0. The van der Waals surface area contributed by atoms with Gasteiger partial charge in [0.25, 0.3) is 0 Å². The Morgan fingerprint density at radius 3 is 2.52 bits per heavy atom. The first kappa shape index (κ1) is 13.4. The van der Waals surface area contributed by atoms with Crippen molar-refractivity contribution < 1.29 is 14.6 Å². The van der Waals surface area contributed by atoms with Gasteiger partial charge < -0.3 is 14.8 Å². The van der Waals surface area contributed by atoms with E-state index in [1.807, 2.05) is 11.5 Å². The number of rotatable bonds is 3. The Morgan fingerprint density at radius 1 is 1.14 bits per heavy atom. The summed E-state index contributed by atoms with van der Waals surface area (Å²) in [6, 6.07) is 8.90. The molecule has 2 N–H and O–H groups in total. The molecule has 3 aromatic rings. The lowest BCUT2D eigenvalue weighted by atomic mass is 10.1. The molecular formula is C16H15FN2O2. The van der Waals surface area contributed by atoms with Crippen molar-refractivity contribution in [1.82, 2.24) is 9.55 Å². The van der Waals surface area contributed by atoms with Crippen LogP contribution in [-0.2, 0) is 6.54 Å². The van der Waals surface area contributed by atoms with Crippen LogP contribution in [0.15, 0.2) is 36.4 Å². The van der Waals surface area contributed by atoms with Gasteiger partial charge in [-0.1, -0.05) is 13.0 Å². The second-order valence-electron chi connectivity index (χ2n) is 4.89. The second-order valence-corrected chi connectivity index (χ2v) is 4.89. The molecule has 5 heteroatoms. The summed E-state index contributed by atoms with van der Waals surface area (Å²) >= 11 is 0. The summed E-state index contributed by atoms with van der Waals surface area (Å²) in [5, 5.41) is 20.1. The first-order chi connectivity index (χ1) is 10.1. The lowest BCUT2D eigenvalue weighted by molar-refractivity contribution is 0.452. The molecule has 0 saturated carbocycles. The first-order valence-electron chi connectivity index (χ1n) is 6.79. The highest BCUT2D eigenvalue weighted by atomic mass is 19.1. The Kier molecular flexibility index (Phi) is 3.25. The van der Waals surface area contributed by atoms with Crippen molar-refractivity contribution in [2.45, 2.75) is 19.9 Å². The summed E-state index contributed by atoms with van der Waals surface area (Å²) in [5.41, 5.74) is 1.54. The third kappa shape index (κ3) is 2.20. The maximum absolute atomic E-state index is 13.5. The van der Waals surface area contributed by atoms with Crippen molar-refractivity contribution in [1.29, 1.82) is 0 Å². The van der Waals surface area contributed by atoms with Crippen molar-refractivity contribution in [3.05, 3.63) is 42.2 Å². The number of benzene rings is 2. The number of hydrogen-bond donors (Lipinski definition) is 2. The van der Waals surface area contributed by atoms with Gasteiger partial charge in [-0.05, 0) is 36.8 Å². The Labute approximate surface area is 121 Å². The average molecular weight is 286 g/mol. The number of aromatic hydroxyl groups is 2. The van der Waals surface area contributed by atoms with Crippen LogP contribution in [0.5, 0.6) is 11.5 Å². The highest BCUT2D eigenvalue weighted by molar-refractivity contribution is 5.83. The molecule has 0 fully saturated rings. The molecule has 0 radical (unpaired) electrons. The number of halogens is 1. The van der Waals surface area contributed by atoms with Crippen molar-refractivity contribution >= 4 is 11.0 Å². The van der Waals surface area contributed by atoms with Crippen LogP contribution in [-0.4, -0.2) is 19.8 Å². The van der Waals surface area contributed by atoms with E-state index in [4.69, 9.17) is 0 Å². The van der Waals surface area contributed by atoms with E-state index in [9.17, 15) is 14.6 Å². The van der Waals surface area contributed by atoms with Crippen molar-refractivity contribution in [2.75, 3.05) is 0 Å². The molecular weight excluding hydrogens is 271 g/mol. The third-order valence-electron chi connectivity index (χ3n) is 3.40. The Morgan fingerprint density at radius 2 is 1.86 bits per heavy atom. The van der Waals surface area contributed by atoms with E-state index < -0.39 is 0 Å². The molecule has 0 saturated heterocycles. The monoisotopic (exact) mass is 286 g/mol. The van der Waals surface area contributed by atoms with Gasteiger partial charge in [0, 0.05) is 6.54 Å². The van der Waals surface area contributed by atoms with Gasteiger partial charge in [0.05, 0.1) is 11.0 Å². The van der Waals surface area contributed by atoms with Gasteiger partial charge in [-0.3, -0.25) is 0 Å². The van der Waals surface area contributed by atoms with Crippen LogP contribution in [0.3, 0.4) is 0 Å². The highest BCUT2D eigenvalue weighted by Crippen LogP contribution is 2.38. The van der Waals surface area contributed by atoms with Gasteiger partial charge in [0.15, 0.2) is 0 Å². The van der Waals surface area contributed by atoms with Crippen molar-refractivity contribution in [3.63, 3.8) is 0 Å². The maximum atomic E-state index is 13.5. The number of aryl methyl sites for hydroxylation is 1. The molecule has 2 aromatic carbocycles. The van der Waals surface area contributed by atoms with Crippen LogP contribution in [0, 0.1) is 5.82 Å². The first-order valence-corrected chi connectivity index (χ1v) is 6.79. The zero-order valence-corrected chi connectivity index (χ0v) is 11.5. The topological polar surface area (TPSA) is 58.3 Å². The van der Waals surface area contributed by atoms with Crippen LogP contribution in [0.2, 0.25) is 0 Å². The van der Waals surface area contributed by atoms with Crippen LogP contribution >= 0.6 is 0 Å². The van der Waals surface area contributed by atoms with Crippen LogP contribution in [0.4, 0.5) is 4.39 Å². The largest absolute Gasteiger partial charge is 0.507 e. The van der Waals surface area contributed by atoms with E-state index in [0.717, 1.165) is 6.42 Å². The molecule has 0 unspecified atom stereocenters. The number of fused-ring (bicyclic) bond motifs is 1. The van der Waals surface area contributed by atoms with Crippen molar-refractivity contribution in [3.8, 4) is 22.9 Å². The number of nitrogens with zero attached hydrogens (tertiary/aromatic N) is 2. The lowest BCUT2D eigenvalue weighted by Crippen LogP contribution is -2.00. The van der Waals surface area contributed by atoms with Gasteiger partial charge in [-0.15, -0.1) is 0 Å². The molecule has 1 heterocycles. The fourth-order valence-corrected chi connectivity index (χ4v) is 2.49. The molecule has 0 aliphatic rings. The number of imidazole rings is 1. The SMILES string of the molecule is CCCn1c(-c2c(O)cccc2O)nc2ccc(F)cc21. The Hall–Kier alpha value is -2.56. The molecule has 0 spiro atoms. The molecule has 108 valence electrons. The Balaban J connectivity index is 2.34. The van der Waals surface area contributed by atoms with Crippen molar-refractivity contribution in [2.24, 2.45) is 0 Å². The van der Waals surface area contributed by atoms with E-state index in [2.05, 4.69) is 4.98 Å². The van der Waals surface area contributed by atoms with Crippen LogP contribution in [0.1, 0.15) is 13.3 Å². The zero-order valence-electron chi connectivity index (χ0n) is 11.5. The molecule has 0 bridgehead atoms. The molecule has 3 rings (SSSR count). The molecule has 0 amide bonds. The van der Waals surface area contributed by atoms with E-state index >= 15 is 0 Å². The summed E-state index contributed by atoms with van der Waals surface area (Å²) in [4.78, 5) is 4.44. The predicted molar refractivity (Wildman–Crippen MR) is 78.7 cm³/mol. The number of phenols is 2. The molecule has 0 atom stereocenters. The number of hydrogen-bond acceptors (Lipinski definition) is 3. The average Bonchev–Trinajstić information content (AvgIpc) is 2.78. The quantitative estimate of drug-likeness (QED) is 0.772. The minimum Gasteiger partial charge on any atom is -0.507 e. The fourth-order valence-electron chi connectivity index (χ4n) is 2.49.